The van der Waals surface area contributed by atoms with E-state index in [9.17, 15) is 8.78 Å². The van der Waals surface area contributed by atoms with Crippen molar-refractivity contribution in [2.45, 2.75) is 33.5 Å². The average molecular weight is 354 g/mol. The quantitative estimate of drug-likeness (QED) is 0.618. The van der Waals surface area contributed by atoms with Gasteiger partial charge in [-0.3, -0.25) is 4.99 Å². The van der Waals surface area contributed by atoms with Crippen LogP contribution in [0.4, 0.5) is 8.78 Å². The minimum atomic E-state index is -2.85. The summed E-state index contributed by atoms with van der Waals surface area (Å²) in [5.74, 6) is 0.738. The van der Waals surface area contributed by atoms with Crippen LogP contribution in [0.25, 0.3) is 0 Å². The predicted octanol–water partition coefficient (Wildman–Crippen LogP) is 3.23. The molecule has 130 valence electrons. The predicted molar refractivity (Wildman–Crippen MR) is 91.7 cm³/mol. The number of hydrogen-bond donors (Lipinski definition) is 2. The van der Waals surface area contributed by atoms with Gasteiger partial charge in [-0.05, 0) is 19.9 Å². The lowest BCUT2D eigenvalue weighted by Gasteiger charge is -2.14. The van der Waals surface area contributed by atoms with Gasteiger partial charge in [0.1, 0.15) is 5.75 Å². The molecule has 0 atom stereocenters. The number of ether oxygens (including phenoxy) is 1. The summed E-state index contributed by atoms with van der Waals surface area (Å²) in [5.41, 5.74) is 1.61. The molecule has 0 aliphatic carbocycles. The van der Waals surface area contributed by atoms with E-state index in [1.807, 2.05) is 26.1 Å². The summed E-state index contributed by atoms with van der Waals surface area (Å²) in [5, 5.41) is 7.27. The van der Waals surface area contributed by atoms with Crippen LogP contribution in [0.3, 0.4) is 0 Å². The van der Waals surface area contributed by atoms with Gasteiger partial charge in [-0.2, -0.15) is 8.78 Å². The number of hydrogen-bond acceptors (Lipinski definition) is 4. The van der Waals surface area contributed by atoms with E-state index in [0.717, 1.165) is 15.4 Å². The van der Waals surface area contributed by atoms with Crippen molar-refractivity contribution >= 4 is 17.3 Å². The Labute approximate surface area is 143 Å². The van der Waals surface area contributed by atoms with Crippen molar-refractivity contribution in [1.82, 2.24) is 15.6 Å². The van der Waals surface area contributed by atoms with Crippen LogP contribution in [0.5, 0.6) is 5.75 Å². The standard InChI is InChI=1S/C16H20F2N4OS/c1-10-4-5-14(23-15(17)18)12(6-10)7-21-16(19-3)22-9-13-8-20-11(2)24-13/h4-6,8,15H,7,9H2,1-3H3,(H2,19,21,22). The van der Waals surface area contributed by atoms with Gasteiger partial charge in [0.2, 0.25) is 0 Å². The van der Waals surface area contributed by atoms with E-state index in [-0.39, 0.29) is 5.75 Å². The van der Waals surface area contributed by atoms with Crippen LogP contribution < -0.4 is 15.4 Å². The number of rotatable bonds is 6. The number of guanidine groups is 1. The zero-order chi connectivity index (χ0) is 17.5. The first-order valence-corrected chi connectivity index (χ1v) is 8.19. The summed E-state index contributed by atoms with van der Waals surface area (Å²) < 4.78 is 29.5. The summed E-state index contributed by atoms with van der Waals surface area (Å²) >= 11 is 1.61. The molecule has 2 rings (SSSR count). The number of benzene rings is 1. The Morgan fingerprint density at radius 2 is 2.04 bits per heavy atom. The highest BCUT2D eigenvalue weighted by Gasteiger charge is 2.10. The lowest BCUT2D eigenvalue weighted by Crippen LogP contribution is -2.36. The van der Waals surface area contributed by atoms with E-state index in [0.29, 0.717) is 24.6 Å². The number of aromatic nitrogens is 1. The van der Waals surface area contributed by atoms with Gasteiger partial charge in [-0.1, -0.05) is 17.7 Å². The molecule has 5 nitrogen and oxygen atoms in total. The van der Waals surface area contributed by atoms with Crippen molar-refractivity contribution in [2.75, 3.05) is 7.05 Å². The van der Waals surface area contributed by atoms with Crippen molar-refractivity contribution in [1.29, 1.82) is 0 Å². The second kappa shape index (κ2) is 8.58. The molecule has 0 radical (unpaired) electrons. The second-order valence-corrected chi connectivity index (χ2v) is 6.43. The van der Waals surface area contributed by atoms with Crippen molar-refractivity contribution in [2.24, 2.45) is 4.99 Å². The molecule has 1 aromatic carbocycles. The first-order valence-electron chi connectivity index (χ1n) is 7.38. The molecule has 2 aromatic rings. The van der Waals surface area contributed by atoms with Crippen LogP contribution in [0, 0.1) is 13.8 Å². The van der Waals surface area contributed by atoms with Crippen molar-refractivity contribution in [3.8, 4) is 5.75 Å². The number of aryl methyl sites for hydroxylation is 2. The fourth-order valence-corrected chi connectivity index (χ4v) is 2.85. The summed E-state index contributed by atoms with van der Waals surface area (Å²) in [4.78, 5) is 9.41. The Morgan fingerprint density at radius 3 is 2.67 bits per heavy atom. The van der Waals surface area contributed by atoms with E-state index in [4.69, 9.17) is 0 Å². The normalized spacial score (nSPS) is 11.7. The van der Waals surface area contributed by atoms with Gasteiger partial charge in [0.05, 0.1) is 11.6 Å². The van der Waals surface area contributed by atoms with Crippen molar-refractivity contribution < 1.29 is 13.5 Å². The molecule has 0 bridgehead atoms. The van der Waals surface area contributed by atoms with Gasteiger partial charge in [-0.15, -0.1) is 11.3 Å². The molecular formula is C16H20F2N4OS. The maximum Gasteiger partial charge on any atom is 0.387 e. The molecule has 0 saturated heterocycles. The third-order valence-corrected chi connectivity index (χ3v) is 4.11. The van der Waals surface area contributed by atoms with Crippen LogP contribution in [0.1, 0.15) is 21.0 Å². The van der Waals surface area contributed by atoms with Gasteiger partial charge >= 0.3 is 6.61 Å². The largest absolute Gasteiger partial charge is 0.434 e. The third-order valence-electron chi connectivity index (χ3n) is 3.20. The fraction of sp³-hybridized carbons (Fsp3) is 0.375. The average Bonchev–Trinajstić information content (AvgIpc) is 2.95. The van der Waals surface area contributed by atoms with Crippen molar-refractivity contribution in [3.63, 3.8) is 0 Å². The molecule has 24 heavy (non-hydrogen) atoms. The number of alkyl halides is 2. The number of nitrogens with one attached hydrogen (secondary N) is 2. The maximum absolute atomic E-state index is 12.5. The molecule has 0 amide bonds. The second-order valence-electron chi connectivity index (χ2n) is 5.11. The first-order chi connectivity index (χ1) is 11.5. The SMILES string of the molecule is CN=C(NCc1cnc(C)s1)NCc1cc(C)ccc1OC(F)F. The monoisotopic (exact) mass is 354 g/mol. The molecule has 0 unspecified atom stereocenters. The highest BCUT2D eigenvalue weighted by Crippen LogP contribution is 2.22. The summed E-state index contributed by atoms with van der Waals surface area (Å²) in [6.07, 6.45) is 1.81. The molecular weight excluding hydrogens is 334 g/mol. The Hall–Kier alpha value is -2.22. The molecule has 0 aliphatic rings. The minimum Gasteiger partial charge on any atom is -0.434 e. The Morgan fingerprint density at radius 1 is 1.29 bits per heavy atom. The van der Waals surface area contributed by atoms with Crippen LogP contribution >= 0.6 is 11.3 Å². The van der Waals surface area contributed by atoms with E-state index in [1.165, 1.54) is 0 Å². The van der Waals surface area contributed by atoms with Gasteiger partial charge in [0, 0.05) is 30.2 Å². The van der Waals surface area contributed by atoms with E-state index in [1.54, 1.807) is 30.5 Å². The zero-order valence-corrected chi connectivity index (χ0v) is 14.6. The number of aliphatic imine (C=N–C) groups is 1. The van der Waals surface area contributed by atoms with Crippen molar-refractivity contribution in [3.05, 3.63) is 45.4 Å². The first kappa shape index (κ1) is 18.1. The van der Waals surface area contributed by atoms with E-state index < -0.39 is 6.61 Å². The Kier molecular flexibility index (Phi) is 6.48. The van der Waals surface area contributed by atoms with Crippen LogP contribution in [0.2, 0.25) is 0 Å². The lowest BCUT2D eigenvalue weighted by molar-refractivity contribution is -0.0504. The smallest absolute Gasteiger partial charge is 0.387 e. The molecule has 2 N–H and O–H groups in total. The molecule has 1 heterocycles. The molecule has 8 heteroatoms. The number of nitrogens with zero attached hydrogens (tertiary/aromatic N) is 2. The van der Waals surface area contributed by atoms with Crippen LogP contribution in [-0.4, -0.2) is 24.6 Å². The van der Waals surface area contributed by atoms with Gasteiger partial charge in [0.25, 0.3) is 0 Å². The fourth-order valence-electron chi connectivity index (χ4n) is 2.11. The van der Waals surface area contributed by atoms with Gasteiger partial charge in [-0.25, -0.2) is 4.98 Å². The summed E-state index contributed by atoms with van der Waals surface area (Å²) in [6, 6.07) is 5.10. The van der Waals surface area contributed by atoms with Crippen LogP contribution in [0.15, 0.2) is 29.4 Å². The van der Waals surface area contributed by atoms with E-state index >= 15 is 0 Å². The third kappa shape index (κ3) is 5.45. The lowest BCUT2D eigenvalue weighted by atomic mass is 10.1. The Bertz CT molecular complexity index is 703. The molecule has 0 fully saturated rings. The Balaban J connectivity index is 1.96. The van der Waals surface area contributed by atoms with E-state index in [2.05, 4.69) is 25.3 Å². The van der Waals surface area contributed by atoms with Gasteiger partial charge in [0.15, 0.2) is 5.96 Å². The maximum atomic E-state index is 12.5. The minimum absolute atomic E-state index is 0.164. The molecule has 1 aromatic heterocycles. The summed E-state index contributed by atoms with van der Waals surface area (Å²) in [7, 11) is 1.65. The molecule has 0 aliphatic heterocycles. The van der Waals surface area contributed by atoms with Gasteiger partial charge < -0.3 is 15.4 Å². The number of halogens is 2. The highest BCUT2D eigenvalue weighted by molar-refractivity contribution is 7.11. The number of thiazole rings is 1. The summed E-state index contributed by atoms with van der Waals surface area (Å²) in [6.45, 7) is 1.92. The topological polar surface area (TPSA) is 58.5 Å². The molecule has 0 saturated carbocycles. The zero-order valence-electron chi connectivity index (χ0n) is 13.8. The highest BCUT2D eigenvalue weighted by atomic mass is 32.1. The molecule has 0 spiro atoms. The van der Waals surface area contributed by atoms with Crippen LogP contribution in [-0.2, 0) is 13.1 Å².